The van der Waals surface area contributed by atoms with E-state index in [4.69, 9.17) is 0 Å². The summed E-state index contributed by atoms with van der Waals surface area (Å²) in [5.74, 6) is 0. The lowest BCUT2D eigenvalue weighted by Crippen LogP contribution is -1.88. The first kappa shape index (κ1) is 12.6. The van der Waals surface area contributed by atoms with Gasteiger partial charge < -0.3 is 0 Å². The van der Waals surface area contributed by atoms with Gasteiger partial charge in [0.1, 0.15) is 4.47 Å². The summed E-state index contributed by atoms with van der Waals surface area (Å²) in [7, 11) is 1.78. The first-order valence-corrected chi connectivity index (χ1v) is 5.65. The van der Waals surface area contributed by atoms with Crippen LogP contribution in [0.2, 0.25) is 0 Å². The number of hydrogen-bond acceptors (Lipinski definition) is 3. The smallest absolute Gasteiger partial charge is 0.275 e. The van der Waals surface area contributed by atoms with Crippen LogP contribution in [-0.2, 0) is 7.05 Å². The lowest BCUT2D eigenvalue weighted by Gasteiger charge is -1.94. The van der Waals surface area contributed by atoms with Gasteiger partial charge in [-0.15, -0.1) is 0 Å². The second-order valence-corrected chi connectivity index (χ2v) is 3.68. The summed E-state index contributed by atoms with van der Waals surface area (Å²) in [6.07, 6.45) is 1.74. The summed E-state index contributed by atoms with van der Waals surface area (Å²) in [5.41, 5.74) is 0.801. The molecule has 6 heteroatoms. The normalized spacial score (nSPS) is 9.75. The molecule has 0 saturated carbocycles. The molecule has 1 aromatic carbocycles. The van der Waals surface area contributed by atoms with E-state index < -0.39 is 4.92 Å². The van der Waals surface area contributed by atoms with Crippen LogP contribution in [0.5, 0.6) is 0 Å². The molecule has 0 aliphatic carbocycles. The molecule has 16 heavy (non-hydrogen) atoms. The maximum atomic E-state index is 10.6. The minimum Gasteiger partial charge on any atom is -0.275 e. The van der Waals surface area contributed by atoms with Crippen LogP contribution in [0.1, 0.15) is 13.8 Å². The van der Waals surface area contributed by atoms with E-state index >= 15 is 0 Å². The second kappa shape index (κ2) is 5.07. The third-order valence-electron chi connectivity index (χ3n) is 1.91. The average Bonchev–Trinajstić information content (AvgIpc) is 2.62. The van der Waals surface area contributed by atoms with Gasteiger partial charge in [0.15, 0.2) is 0 Å². The minimum atomic E-state index is -0.420. The molecule has 2 rings (SSSR count). The van der Waals surface area contributed by atoms with Gasteiger partial charge in [0.05, 0.1) is 10.4 Å². The van der Waals surface area contributed by atoms with Crippen molar-refractivity contribution in [2.75, 3.05) is 0 Å². The zero-order chi connectivity index (χ0) is 12.3. The van der Waals surface area contributed by atoms with Crippen molar-refractivity contribution in [3.05, 3.63) is 32.9 Å². The Morgan fingerprint density at radius 3 is 2.62 bits per heavy atom. The molecule has 1 heterocycles. The van der Waals surface area contributed by atoms with Crippen LogP contribution >= 0.6 is 15.9 Å². The second-order valence-electron chi connectivity index (χ2n) is 2.89. The number of aryl methyl sites for hydroxylation is 1. The molecule has 86 valence electrons. The maximum absolute atomic E-state index is 10.6. The Labute approximate surface area is 101 Å². The molecule has 0 saturated heterocycles. The number of nitro benzene ring substituents is 1. The highest BCUT2D eigenvalue weighted by Crippen LogP contribution is 2.31. The van der Waals surface area contributed by atoms with E-state index in [-0.39, 0.29) is 5.69 Å². The van der Waals surface area contributed by atoms with Gasteiger partial charge in [-0.2, -0.15) is 5.10 Å². The fraction of sp³-hybridized carbons (Fsp3) is 0.300. The van der Waals surface area contributed by atoms with Gasteiger partial charge in [-0.25, -0.2) is 0 Å². The lowest BCUT2D eigenvalue weighted by atomic mass is 10.2. The van der Waals surface area contributed by atoms with Gasteiger partial charge in [0.25, 0.3) is 5.69 Å². The third-order valence-corrected chi connectivity index (χ3v) is 2.75. The average molecular weight is 286 g/mol. The van der Waals surface area contributed by atoms with E-state index in [0.717, 1.165) is 10.9 Å². The largest absolute Gasteiger partial charge is 0.284 e. The molecule has 0 spiro atoms. The van der Waals surface area contributed by atoms with E-state index in [9.17, 15) is 10.1 Å². The van der Waals surface area contributed by atoms with Crippen LogP contribution in [0, 0.1) is 10.1 Å². The number of halogens is 1. The first-order chi connectivity index (χ1) is 7.59. The number of aromatic nitrogens is 2. The number of nitrogens with zero attached hydrogens (tertiary/aromatic N) is 3. The number of fused-ring (bicyclic) bond motifs is 1. The monoisotopic (exact) mass is 285 g/mol. The van der Waals surface area contributed by atoms with Gasteiger partial charge in [-0.3, -0.25) is 14.8 Å². The van der Waals surface area contributed by atoms with Crippen molar-refractivity contribution in [1.29, 1.82) is 0 Å². The molecule has 0 aliphatic rings. The maximum Gasteiger partial charge on any atom is 0.284 e. The fourth-order valence-electron chi connectivity index (χ4n) is 1.31. The van der Waals surface area contributed by atoms with Crippen molar-refractivity contribution >= 4 is 32.5 Å². The molecular weight excluding hydrogens is 274 g/mol. The van der Waals surface area contributed by atoms with Crippen molar-refractivity contribution in [3.8, 4) is 0 Å². The van der Waals surface area contributed by atoms with Gasteiger partial charge >= 0.3 is 0 Å². The zero-order valence-electron chi connectivity index (χ0n) is 9.27. The molecule has 0 fully saturated rings. The molecule has 0 atom stereocenters. The topological polar surface area (TPSA) is 61.0 Å². The Bertz CT molecular complexity index is 522. The molecule has 1 aromatic heterocycles. The van der Waals surface area contributed by atoms with Gasteiger partial charge in [0, 0.05) is 24.7 Å². The van der Waals surface area contributed by atoms with Crippen molar-refractivity contribution < 1.29 is 4.92 Å². The molecule has 0 aliphatic heterocycles. The molecule has 0 N–H and O–H groups in total. The van der Waals surface area contributed by atoms with Crippen molar-refractivity contribution in [2.24, 2.45) is 7.05 Å². The van der Waals surface area contributed by atoms with Gasteiger partial charge in [0.2, 0.25) is 0 Å². The predicted molar refractivity (Wildman–Crippen MR) is 66.4 cm³/mol. The fourth-order valence-corrected chi connectivity index (χ4v) is 1.89. The van der Waals surface area contributed by atoms with Crippen LogP contribution < -0.4 is 0 Å². The molecule has 0 radical (unpaired) electrons. The van der Waals surface area contributed by atoms with E-state index in [1.807, 2.05) is 13.8 Å². The number of benzene rings is 1. The van der Waals surface area contributed by atoms with Crippen LogP contribution in [0.4, 0.5) is 5.69 Å². The standard InChI is InChI=1S/C8H6BrN3O2.C2H6/c1-11-4-5-6(10-11)2-3-7(8(5)9)12(13)14;1-2/h2-4H,1H3;1-2H3. The van der Waals surface area contributed by atoms with Crippen molar-refractivity contribution in [2.45, 2.75) is 13.8 Å². The van der Waals surface area contributed by atoms with Crippen LogP contribution in [0.25, 0.3) is 10.9 Å². The molecule has 2 aromatic rings. The van der Waals surface area contributed by atoms with Crippen LogP contribution in [-0.4, -0.2) is 14.7 Å². The Balaban J connectivity index is 0.000000606. The Morgan fingerprint density at radius 2 is 2.06 bits per heavy atom. The molecular formula is C10H12BrN3O2. The van der Waals surface area contributed by atoms with E-state index in [1.165, 1.54) is 6.07 Å². The van der Waals surface area contributed by atoms with E-state index in [2.05, 4.69) is 21.0 Å². The molecule has 5 nitrogen and oxygen atoms in total. The Hall–Kier alpha value is -1.43. The first-order valence-electron chi connectivity index (χ1n) is 4.86. The van der Waals surface area contributed by atoms with Crippen LogP contribution in [0.15, 0.2) is 22.8 Å². The summed E-state index contributed by atoms with van der Waals surface area (Å²) >= 11 is 3.20. The van der Waals surface area contributed by atoms with E-state index in [0.29, 0.717) is 4.47 Å². The highest BCUT2D eigenvalue weighted by atomic mass is 79.9. The quantitative estimate of drug-likeness (QED) is 0.597. The highest BCUT2D eigenvalue weighted by molar-refractivity contribution is 9.10. The van der Waals surface area contributed by atoms with Crippen LogP contribution in [0.3, 0.4) is 0 Å². The third kappa shape index (κ3) is 2.21. The summed E-state index contributed by atoms with van der Waals surface area (Å²) in [6, 6.07) is 3.08. The molecule has 0 amide bonds. The Kier molecular flexibility index (Phi) is 4.00. The zero-order valence-corrected chi connectivity index (χ0v) is 10.9. The summed E-state index contributed by atoms with van der Waals surface area (Å²) < 4.78 is 2.10. The van der Waals surface area contributed by atoms with Gasteiger partial charge in [-0.1, -0.05) is 13.8 Å². The lowest BCUT2D eigenvalue weighted by molar-refractivity contribution is -0.385. The minimum absolute atomic E-state index is 0.0606. The van der Waals surface area contributed by atoms with Crippen molar-refractivity contribution in [1.82, 2.24) is 9.78 Å². The molecule has 0 bridgehead atoms. The molecule has 0 unspecified atom stereocenters. The Morgan fingerprint density at radius 1 is 1.44 bits per heavy atom. The summed E-state index contributed by atoms with van der Waals surface area (Å²) in [4.78, 5) is 10.2. The number of nitro groups is 1. The van der Waals surface area contributed by atoms with E-state index in [1.54, 1.807) is 24.0 Å². The summed E-state index contributed by atoms with van der Waals surface area (Å²) in [6.45, 7) is 4.00. The van der Waals surface area contributed by atoms with Crippen molar-refractivity contribution in [3.63, 3.8) is 0 Å². The highest BCUT2D eigenvalue weighted by Gasteiger charge is 2.15. The predicted octanol–water partition coefficient (Wildman–Crippen LogP) is 3.27. The van der Waals surface area contributed by atoms with Gasteiger partial charge in [-0.05, 0) is 22.0 Å². The number of rotatable bonds is 1. The SMILES string of the molecule is CC.Cn1cc2c(Br)c([N+](=O)[O-])ccc2n1. The number of hydrogen-bond donors (Lipinski definition) is 0. The summed E-state index contributed by atoms with van der Waals surface area (Å²) in [5, 5.41) is 15.5.